The van der Waals surface area contributed by atoms with Crippen molar-refractivity contribution in [1.29, 1.82) is 0 Å². The Morgan fingerprint density at radius 1 is 1.47 bits per heavy atom. The third kappa shape index (κ3) is 3.93. The maximum absolute atomic E-state index is 11.6. The smallest absolute Gasteiger partial charge is 0.162 e. The summed E-state index contributed by atoms with van der Waals surface area (Å²) in [5.74, 6) is 1.47. The Morgan fingerprint density at radius 2 is 2.24 bits per heavy atom. The lowest BCUT2D eigenvalue weighted by Gasteiger charge is -2.12. The molecule has 0 radical (unpaired) electrons. The highest BCUT2D eigenvalue weighted by molar-refractivity contribution is 6.17. The lowest BCUT2D eigenvalue weighted by Crippen LogP contribution is -2.03. The van der Waals surface area contributed by atoms with E-state index in [2.05, 4.69) is 5.32 Å². The predicted molar refractivity (Wildman–Crippen MR) is 71.4 cm³/mol. The first-order valence-electron chi connectivity index (χ1n) is 5.76. The Bertz CT molecular complexity index is 380. The second-order valence-corrected chi connectivity index (χ2v) is 4.01. The molecular formula is C13H18ClNO2. The molecule has 4 heteroatoms. The number of alkyl halides is 1. The summed E-state index contributed by atoms with van der Waals surface area (Å²) in [6, 6.07) is 5.44. The highest BCUT2D eigenvalue weighted by Crippen LogP contribution is 2.26. The molecule has 0 spiro atoms. The summed E-state index contributed by atoms with van der Waals surface area (Å²) in [5.41, 5.74) is 1.54. The molecule has 0 saturated carbocycles. The van der Waals surface area contributed by atoms with Crippen LogP contribution in [0.2, 0.25) is 0 Å². The maximum Gasteiger partial charge on any atom is 0.162 e. The van der Waals surface area contributed by atoms with Crippen molar-refractivity contribution in [3.8, 4) is 5.75 Å². The molecule has 1 N–H and O–H groups in total. The van der Waals surface area contributed by atoms with E-state index < -0.39 is 0 Å². The summed E-state index contributed by atoms with van der Waals surface area (Å²) >= 11 is 5.59. The molecule has 0 aliphatic rings. The Hall–Kier alpha value is -1.22. The third-order valence-corrected chi connectivity index (χ3v) is 2.69. The van der Waals surface area contributed by atoms with Gasteiger partial charge in [0.05, 0.1) is 12.3 Å². The summed E-state index contributed by atoms with van der Waals surface area (Å²) in [6.45, 7) is 2.44. The number of benzene rings is 1. The van der Waals surface area contributed by atoms with Crippen molar-refractivity contribution >= 4 is 23.1 Å². The van der Waals surface area contributed by atoms with Gasteiger partial charge in [-0.2, -0.15) is 0 Å². The molecule has 1 aromatic rings. The molecule has 94 valence electrons. The quantitative estimate of drug-likeness (QED) is 0.461. The summed E-state index contributed by atoms with van der Waals surface area (Å²) < 4.78 is 5.58. The normalized spacial score (nSPS) is 10.1. The zero-order chi connectivity index (χ0) is 12.7. The SMILES string of the molecule is CCC(=O)c1ccc(OCCCCl)c(NC)c1. The summed E-state index contributed by atoms with van der Waals surface area (Å²) in [4.78, 5) is 11.6. The average molecular weight is 256 g/mol. The van der Waals surface area contributed by atoms with Gasteiger partial charge in [0.1, 0.15) is 5.75 Å². The Kier molecular flexibility index (Phi) is 5.84. The predicted octanol–water partition coefficient (Wildman–Crippen LogP) is 3.33. The number of hydrogen-bond donors (Lipinski definition) is 1. The van der Waals surface area contributed by atoms with Gasteiger partial charge < -0.3 is 10.1 Å². The Morgan fingerprint density at radius 3 is 2.82 bits per heavy atom. The third-order valence-electron chi connectivity index (χ3n) is 2.43. The minimum Gasteiger partial charge on any atom is -0.491 e. The lowest BCUT2D eigenvalue weighted by atomic mass is 10.1. The van der Waals surface area contributed by atoms with Gasteiger partial charge in [-0.05, 0) is 24.6 Å². The van der Waals surface area contributed by atoms with Crippen molar-refractivity contribution in [2.45, 2.75) is 19.8 Å². The number of hydrogen-bond acceptors (Lipinski definition) is 3. The largest absolute Gasteiger partial charge is 0.491 e. The monoisotopic (exact) mass is 255 g/mol. The van der Waals surface area contributed by atoms with Crippen molar-refractivity contribution in [2.75, 3.05) is 24.9 Å². The fraction of sp³-hybridized carbons (Fsp3) is 0.462. The van der Waals surface area contributed by atoms with Gasteiger partial charge in [0, 0.05) is 24.9 Å². The van der Waals surface area contributed by atoms with Crippen LogP contribution in [0.5, 0.6) is 5.75 Å². The van der Waals surface area contributed by atoms with Crippen LogP contribution in [0.25, 0.3) is 0 Å². The first kappa shape index (κ1) is 13.8. The number of nitrogens with one attached hydrogen (secondary N) is 1. The standard InChI is InChI=1S/C13H18ClNO2/c1-3-12(16)10-5-6-13(11(9-10)15-2)17-8-4-7-14/h5-6,9,15H,3-4,7-8H2,1-2H3. The molecular weight excluding hydrogens is 238 g/mol. The van der Waals surface area contributed by atoms with E-state index in [1.54, 1.807) is 6.07 Å². The highest BCUT2D eigenvalue weighted by atomic mass is 35.5. The van der Waals surface area contributed by atoms with Crippen LogP contribution in [0.3, 0.4) is 0 Å². The summed E-state index contributed by atoms with van der Waals surface area (Å²) in [5, 5.41) is 3.03. The number of carbonyl (C=O) groups excluding carboxylic acids is 1. The van der Waals surface area contributed by atoms with Crippen molar-refractivity contribution in [3.63, 3.8) is 0 Å². The van der Waals surface area contributed by atoms with Crippen LogP contribution in [0.4, 0.5) is 5.69 Å². The van der Waals surface area contributed by atoms with E-state index in [9.17, 15) is 4.79 Å². The van der Waals surface area contributed by atoms with Crippen LogP contribution in [0.1, 0.15) is 30.1 Å². The van der Waals surface area contributed by atoms with Crippen LogP contribution in [-0.4, -0.2) is 25.3 Å². The Balaban J connectivity index is 2.81. The van der Waals surface area contributed by atoms with Crippen LogP contribution in [-0.2, 0) is 0 Å². The molecule has 0 fully saturated rings. The zero-order valence-corrected chi connectivity index (χ0v) is 11.0. The molecule has 0 amide bonds. The number of halogens is 1. The van der Waals surface area contributed by atoms with Crippen LogP contribution < -0.4 is 10.1 Å². The number of Topliss-reactive ketones (excluding diaryl/α,β-unsaturated/α-hetero) is 1. The number of ketones is 1. The molecule has 1 rings (SSSR count). The molecule has 0 unspecified atom stereocenters. The maximum atomic E-state index is 11.6. The molecule has 0 aliphatic heterocycles. The fourth-order valence-corrected chi connectivity index (χ4v) is 1.57. The second kappa shape index (κ2) is 7.17. The van der Waals surface area contributed by atoms with Gasteiger partial charge in [0.2, 0.25) is 0 Å². The van der Waals surface area contributed by atoms with E-state index in [0.29, 0.717) is 24.5 Å². The molecule has 0 atom stereocenters. The van der Waals surface area contributed by atoms with E-state index in [0.717, 1.165) is 17.9 Å². The highest BCUT2D eigenvalue weighted by Gasteiger charge is 2.08. The molecule has 17 heavy (non-hydrogen) atoms. The molecule has 0 aromatic heterocycles. The lowest BCUT2D eigenvalue weighted by molar-refractivity contribution is 0.0988. The molecule has 3 nitrogen and oxygen atoms in total. The van der Waals surface area contributed by atoms with Gasteiger partial charge in [-0.15, -0.1) is 11.6 Å². The molecule has 0 bridgehead atoms. The van der Waals surface area contributed by atoms with Crippen LogP contribution in [0, 0.1) is 0 Å². The van der Waals surface area contributed by atoms with E-state index in [1.807, 2.05) is 26.1 Å². The van der Waals surface area contributed by atoms with Gasteiger partial charge in [-0.25, -0.2) is 0 Å². The average Bonchev–Trinajstić information content (AvgIpc) is 2.38. The topological polar surface area (TPSA) is 38.3 Å². The Labute approximate surface area is 107 Å². The zero-order valence-electron chi connectivity index (χ0n) is 10.3. The molecule has 0 heterocycles. The van der Waals surface area contributed by atoms with Gasteiger partial charge in [0.15, 0.2) is 5.78 Å². The number of anilines is 1. The fourth-order valence-electron chi connectivity index (χ4n) is 1.47. The van der Waals surface area contributed by atoms with Gasteiger partial charge in [-0.3, -0.25) is 4.79 Å². The molecule has 0 aliphatic carbocycles. The molecule has 0 saturated heterocycles. The summed E-state index contributed by atoms with van der Waals surface area (Å²) in [7, 11) is 1.81. The van der Waals surface area contributed by atoms with Crippen LogP contribution in [0.15, 0.2) is 18.2 Å². The van der Waals surface area contributed by atoms with E-state index in [1.165, 1.54) is 0 Å². The minimum absolute atomic E-state index is 0.133. The minimum atomic E-state index is 0.133. The number of carbonyl (C=O) groups is 1. The summed E-state index contributed by atoms with van der Waals surface area (Å²) in [6.07, 6.45) is 1.32. The van der Waals surface area contributed by atoms with Gasteiger partial charge in [0.25, 0.3) is 0 Å². The second-order valence-electron chi connectivity index (χ2n) is 3.63. The van der Waals surface area contributed by atoms with Gasteiger partial charge >= 0.3 is 0 Å². The first-order valence-corrected chi connectivity index (χ1v) is 6.30. The van der Waals surface area contributed by atoms with Crippen molar-refractivity contribution in [1.82, 2.24) is 0 Å². The number of ether oxygens (including phenoxy) is 1. The van der Waals surface area contributed by atoms with E-state index in [4.69, 9.17) is 16.3 Å². The molecule has 1 aromatic carbocycles. The van der Waals surface area contributed by atoms with Gasteiger partial charge in [-0.1, -0.05) is 6.92 Å². The van der Waals surface area contributed by atoms with Crippen LogP contribution >= 0.6 is 11.6 Å². The van der Waals surface area contributed by atoms with E-state index in [-0.39, 0.29) is 5.78 Å². The first-order chi connectivity index (χ1) is 8.22. The van der Waals surface area contributed by atoms with Crippen molar-refractivity contribution in [3.05, 3.63) is 23.8 Å². The van der Waals surface area contributed by atoms with Crippen molar-refractivity contribution < 1.29 is 9.53 Å². The number of rotatable bonds is 7. The van der Waals surface area contributed by atoms with Crippen molar-refractivity contribution in [2.24, 2.45) is 0 Å². The van der Waals surface area contributed by atoms with E-state index >= 15 is 0 Å².